The van der Waals surface area contributed by atoms with E-state index in [4.69, 9.17) is 10.5 Å². The molecular weight excluding hydrogens is 272 g/mol. The number of hydrogen-bond donors (Lipinski definition) is 2. The maximum atomic E-state index is 5.72. The van der Waals surface area contributed by atoms with Gasteiger partial charge in [0.15, 0.2) is 0 Å². The van der Waals surface area contributed by atoms with Crippen molar-refractivity contribution in [3.05, 3.63) is 72.8 Å². The largest absolute Gasteiger partial charge is 0.497 e. The van der Waals surface area contributed by atoms with E-state index in [9.17, 15) is 0 Å². The molecule has 0 aromatic heterocycles. The molecule has 0 saturated heterocycles. The van der Waals surface area contributed by atoms with E-state index in [1.807, 2.05) is 48.5 Å². The fourth-order valence-corrected chi connectivity index (χ4v) is 2.26. The average Bonchev–Trinajstić information content (AvgIpc) is 2.57. The molecule has 0 saturated carbocycles. The summed E-state index contributed by atoms with van der Waals surface area (Å²) in [6, 6.07) is 24.1. The summed E-state index contributed by atoms with van der Waals surface area (Å²) in [7, 11) is 1.67. The number of rotatable bonds is 4. The molecule has 0 aliphatic heterocycles. The lowest BCUT2D eigenvalue weighted by molar-refractivity contribution is 0.415. The standard InChI is InChI=1S/C19H18N2O/c1-22-19-12-10-18(11-13-19)21-17-8-4-15(5-9-17)14-2-6-16(20)7-3-14/h2-13,21H,20H2,1H3. The highest BCUT2D eigenvalue weighted by atomic mass is 16.5. The Labute approximate surface area is 130 Å². The minimum atomic E-state index is 0.779. The van der Waals surface area contributed by atoms with Crippen LogP contribution < -0.4 is 15.8 Å². The third-order valence-corrected chi connectivity index (χ3v) is 3.51. The first-order valence-electron chi connectivity index (χ1n) is 7.12. The Bertz CT molecular complexity index is 732. The molecule has 0 amide bonds. The van der Waals surface area contributed by atoms with Gasteiger partial charge in [0.2, 0.25) is 0 Å². The number of nitrogen functional groups attached to an aromatic ring is 1. The smallest absolute Gasteiger partial charge is 0.119 e. The Kier molecular flexibility index (Phi) is 3.97. The molecule has 0 fully saturated rings. The molecule has 0 aliphatic rings. The van der Waals surface area contributed by atoms with Gasteiger partial charge in [-0.2, -0.15) is 0 Å². The SMILES string of the molecule is COc1ccc(Nc2ccc(-c3ccc(N)cc3)cc2)cc1. The molecule has 0 aliphatic carbocycles. The molecule has 0 bridgehead atoms. The zero-order chi connectivity index (χ0) is 15.4. The fourth-order valence-electron chi connectivity index (χ4n) is 2.26. The van der Waals surface area contributed by atoms with Gasteiger partial charge in [-0.15, -0.1) is 0 Å². The summed E-state index contributed by atoms with van der Waals surface area (Å²) in [6.07, 6.45) is 0. The van der Waals surface area contributed by atoms with Gasteiger partial charge in [0.1, 0.15) is 5.75 Å². The van der Waals surface area contributed by atoms with Crippen molar-refractivity contribution in [3.8, 4) is 16.9 Å². The molecule has 0 radical (unpaired) electrons. The fraction of sp³-hybridized carbons (Fsp3) is 0.0526. The molecule has 0 spiro atoms. The van der Waals surface area contributed by atoms with Crippen molar-refractivity contribution < 1.29 is 4.74 Å². The molecule has 3 N–H and O–H groups in total. The predicted octanol–water partition coefficient (Wildman–Crippen LogP) is 4.69. The second kappa shape index (κ2) is 6.22. The molecule has 22 heavy (non-hydrogen) atoms. The highest BCUT2D eigenvalue weighted by molar-refractivity contribution is 5.69. The zero-order valence-electron chi connectivity index (χ0n) is 12.4. The number of ether oxygens (including phenoxy) is 1. The van der Waals surface area contributed by atoms with E-state index in [1.165, 1.54) is 5.56 Å². The summed E-state index contributed by atoms with van der Waals surface area (Å²) in [5.41, 5.74) is 10.9. The third-order valence-electron chi connectivity index (χ3n) is 3.51. The van der Waals surface area contributed by atoms with Crippen LogP contribution in [-0.2, 0) is 0 Å². The first-order chi connectivity index (χ1) is 10.7. The number of methoxy groups -OCH3 is 1. The van der Waals surface area contributed by atoms with Crippen LogP contribution in [0.5, 0.6) is 5.75 Å². The topological polar surface area (TPSA) is 47.3 Å². The molecule has 110 valence electrons. The van der Waals surface area contributed by atoms with E-state index in [2.05, 4.69) is 29.6 Å². The first kappa shape index (κ1) is 14.0. The molecule has 3 aromatic carbocycles. The highest BCUT2D eigenvalue weighted by Gasteiger charge is 1.99. The van der Waals surface area contributed by atoms with Gasteiger partial charge in [-0.3, -0.25) is 0 Å². The van der Waals surface area contributed by atoms with Crippen LogP contribution in [0, 0.1) is 0 Å². The van der Waals surface area contributed by atoms with Crippen LogP contribution in [0.4, 0.5) is 17.1 Å². The first-order valence-corrected chi connectivity index (χ1v) is 7.12. The molecular formula is C19H18N2O. The van der Waals surface area contributed by atoms with Crippen molar-refractivity contribution in [2.24, 2.45) is 0 Å². The summed E-state index contributed by atoms with van der Waals surface area (Å²) in [4.78, 5) is 0. The number of nitrogens with two attached hydrogens (primary N) is 1. The molecule has 0 heterocycles. The maximum absolute atomic E-state index is 5.72. The van der Waals surface area contributed by atoms with Gasteiger partial charge < -0.3 is 15.8 Å². The summed E-state index contributed by atoms with van der Waals surface area (Å²) < 4.78 is 5.16. The lowest BCUT2D eigenvalue weighted by Crippen LogP contribution is -1.90. The predicted molar refractivity (Wildman–Crippen MR) is 92.6 cm³/mol. The van der Waals surface area contributed by atoms with Crippen LogP contribution >= 0.6 is 0 Å². The summed E-state index contributed by atoms with van der Waals surface area (Å²) in [6.45, 7) is 0. The van der Waals surface area contributed by atoms with Crippen LogP contribution in [0.1, 0.15) is 0 Å². The maximum Gasteiger partial charge on any atom is 0.119 e. The molecule has 0 atom stereocenters. The lowest BCUT2D eigenvalue weighted by atomic mass is 10.1. The molecule has 3 rings (SSSR count). The summed E-state index contributed by atoms with van der Waals surface area (Å²) >= 11 is 0. The number of nitrogens with one attached hydrogen (secondary N) is 1. The van der Waals surface area contributed by atoms with Gasteiger partial charge in [-0.05, 0) is 59.7 Å². The van der Waals surface area contributed by atoms with Gasteiger partial charge in [0.25, 0.3) is 0 Å². The van der Waals surface area contributed by atoms with Gasteiger partial charge in [0, 0.05) is 17.1 Å². The molecule has 0 unspecified atom stereocenters. The van der Waals surface area contributed by atoms with Gasteiger partial charge >= 0.3 is 0 Å². The van der Waals surface area contributed by atoms with Gasteiger partial charge in [-0.1, -0.05) is 24.3 Å². The van der Waals surface area contributed by atoms with E-state index in [0.29, 0.717) is 0 Å². The quantitative estimate of drug-likeness (QED) is 0.685. The van der Waals surface area contributed by atoms with E-state index in [-0.39, 0.29) is 0 Å². The van der Waals surface area contributed by atoms with Crippen LogP contribution in [0.15, 0.2) is 72.8 Å². The van der Waals surface area contributed by atoms with Crippen molar-refractivity contribution in [1.82, 2.24) is 0 Å². The van der Waals surface area contributed by atoms with E-state index in [0.717, 1.165) is 28.4 Å². The Hall–Kier alpha value is -2.94. The minimum Gasteiger partial charge on any atom is -0.497 e. The van der Waals surface area contributed by atoms with Crippen molar-refractivity contribution in [1.29, 1.82) is 0 Å². The number of hydrogen-bond acceptors (Lipinski definition) is 3. The van der Waals surface area contributed by atoms with Crippen LogP contribution in [-0.4, -0.2) is 7.11 Å². The van der Waals surface area contributed by atoms with E-state index < -0.39 is 0 Å². The average molecular weight is 290 g/mol. The minimum absolute atomic E-state index is 0.779. The second-order valence-electron chi connectivity index (χ2n) is 5.05. The van der Waals surface area contributed by atoms with Crippen molar-refractivity contribution >= 4 is 17.1 Å². The van der Waals surface area contributed by atoms with E-state index in [1.54, 1.807) is 7.11 Å². The molecule has 3 nitrogen and oxygen atoms in total. The Balaban J connectivity index is 1.74. The van der Waals surface area contributed by atoms with Gasteiger partial charge in [0.05, 0.1) is 7.11 Å². The monoisotopic (exact) mass is 290 g/mol. The number of anilines is 3. The van der Waals surface area contributed by atoms with E-state index >= 15 is 0 Å². The van der Waals surface area contributed by atoms with Gasteiger partial charge in [-0.25, -0.2) is 0 Å². The van der Waals surface area contributed by atoms with Crippen LogP contribution in [0.25, 0.3) is 11.1 Å². The Morgan fingerprint density at radius 3 is 1.64 bits per heavy atom. The number of benzene rings is 3. The van der Waals surface area contributed by atoms with Crippen molar-refractivity contribution in [2.75, 3.05) is 18.2 Å². The third kappa shape index (κ3) is 3.20. The zero-order valence-corrected chi connectivity index (χ0v) is 12.4. The summed E-state index contributed by atoms with van der Waals surface area (Å²) in [5.74, 6) is 0.851. The molecule has 3 aromatic rings. The highest BCUT2D eigenvalue weighted by Crippen LogP contribution is 2.24. The Morgan fingerprint density at radius 2 is 1.14 bits per heavy atom. The Morgan fingerprint density at radius 1 is 0.682 bits per heavy atom. The van der Waals surface area contributed by atoms with Crippen molar-refractivity contribution in [2.45, 2.75) is 0 Å². The lowest BCUT2D eigenvalue weighted by Gasteiger charge is -2.09. The summed E-state index contributed by atoms with van der Waals surface area (Å²) in [5, 5.41) is 3.37. The van der Waals surface area contributed by atoms with Crippen LogP contribution in [0.3, 0.4) is 0 Å². The van der Waals surface area contributed by atoms with Crippen molar-refractivity contribution in [3.63, 3.8) is 0 Å². The normalized spacial score (nSPS) is 10.2. The van der Waals surface area contributed by atoms with Crippen LogP contribution in [0.2, 0.25) is 0 Å². The molecule has 3 heteroatoms. The second-order valence-corrected chi connectivity index (χ2v) is 5.05.